The molecule has 0 saturated carbocycles. The second-order valence-electron chi connectivity index (χ2n) is 17.3. The minimum atomic E-state index is -0.334. The van der Waals surface area contributed by atoms with E-state index in [0.717, 1.165) is 72.4 Å². The van der Waals surface area contributed by atoms with Crippen LogP contribution in [0.2, 0.25) is 0 Å². The highest BCUT2D eigenvalue weighted by Gasteiger charge is 2.31. The largest absolute Gasteiger partial charge is 0.456 e. The average molecular weight is 860 g/mol. The Morgan fingerprint density at radius 2 is 1.00 bits per heavy atom. The van der Waals surface area contributed by atoms with Crippen molar-refractivity contribution in [1.82, 2.24) is 0 Å². The van der Waals surface area contributed by atoms with E-state index in [2.05, 4.69) is 170 Å². The van der Waals surface area contributed by atoms with Gasteiger partial charge in [-0.25, -0.2) is 4.39 Å². The number of halogens is 1. The summed E-state index contributed by atoms with van der Waals surface area (Å²) in [5.74, 6) is 1.17. The number of aryl methyl sites for hydroxylation is 1. The van der Waals surface area contributed by atoms with E-state index in [-0.39, 0.29) is 12.5 Å². The number of fused-ring (bicyclic) bond motifs is 3. The fourth-order valence-electron chi connectivity index (χ4n) is 10.3. The zero-order valence-electron chi connectivity index (χ0n) is 36.9. The Labute approximate surface area is 390 Å². The van der Waals surface area contributed by atoms with Gasteiger partial charge in [-0.3, -0.25) is 0 Å². The fraction of sp³-hybridized carbons (Fsp3) is 0.0159. The lowest BCUT2D eigenvalue weighted by molar-refractivity contribution is 0.487. The average Bonchev–Trinajstić information content (AvgIpc) is 3.39. The highest BCUT2D eigenvalue weighted by atomic mass is 19.1. The molecule has 0 amide bonds. The summed E-state index contributed by atoms with van der Waals surface area (Å²) in [7, 11) is 0. The number of hydrogen-bond donors (Lipinski definition) is 0. The van der Waals surface area contributed by atoms with Crippen LogP contribution in [-0.2, 0) is 0 Å². The lowest BCUT2D eigenvalue weighted by atomic mass is 9.35. The summed E-state index contributed by atoms with van der Waals surface area (Å²) in [5.41, 5.74) is 14.6. The quantitative estimate of drug-likeness (QED) is 0.134. The van der Waals surface area contributed by atoms with E-state index in [1.807, 2.05) is 78.9 Å². The second kappa shape index (κ2) is 16.8. The molecular weight excluding hydrogens is 817 g/mol. The number of benzene rings is 11. The summed E-state index contributed by atoms with van der Waals surface area (Å²) >= 11 is 0. The highest BCUT2D eigenvalue weighted by molar-refractivity contribution is 6.98. The minimum Gasteiger partial charge on any atom is -0.456 e. The molecule has 11 aromatic rings. The van der Waals surface area contributed by atoms with Crippen molar-refractivity contribution in [3.8, 4) is 56.0 Å². The van der Waals surface area contributed by atoms with Gasteiger partial charge >= 0.3 is 0 Å². The van der Waals surface area contributed by atoms with Crippen LogP contribution in [0.15, 0.2) is 243 Å². The maximum absolute atomic E-state index is 17.7. The van der Waals surface area contributed by atoms with Crippen LogP contribution in [0.25, 0.3) is 66.1 Å². The molecule has 1 aliphatic heterocycles. The molecule has 11 aromatic carbocycles. The van der Waals surface area contributed by atoms with Crippen molar-refractivity contribution in [2.24, 2.45) is 0 Å². The molecule has 0 saturated heterocycles. The molecule has 0 atom stereocenters. The predicted molar refractivity (Wildman–Crippen MR) is 280 cm³/mol. The van der Waals surface area contributed by atoms with E-state index in [1.54, 1.807) is 6.07 Å². The fourth-order valence-corrected chi connectivity index (χ4v) is 10.3. The van der Waals surface area contributed by atoms with Gasteiger partial charge in [0, 0.05) is 28.1 Å². The summed E-state index contributed by atoms with van der Waals surface area (Å²) in [6.07, 6.45) is 0. The van der Waals surface area contributed by atoms with Crippen LogP contribution in [0.4, 0.5) is 21.5 Å². The Balaban J connectivity index is 1.06. The molecule has 0 unspecified atom stereocenters. The summed E-state index contributed by atoms with van der Waals surface area (Å²) < 4.78 is 24.8. The molecule has 0 radical (unpaired) electrons. The van der Waals surface area contributed by atoms with Gasteiger partial charge in [0.2, 0.25) is 6.71 Å². The Morgan fingerprint density at radius 3 is 1.79 bits per heavy atom. The summed E-state index contributed by atoms with van der Waals surface area (Å²) in [6.45, 7) is 2.18. The first kappa shape index (κ1) is 40.1. The van der Waals surface area contributed by atoms with Crippen molar-refractivity contribution >= 4 is 61.7 Å². The van der Waals surface area contributed by atoms with Gasteiger partial charge in [-0.1, -0.05) is 222 Å². The summed E-state index contributed by atoms with van der Waals surface area (Å²) in [4.78, 5) is 2.08. The third-order valence-electron chi connectivity index (χ3n) is 13.4. The van der Waals surface area contributed by atoms with Crippen LogP contribution >= 0.6 is 0 Å². The maximum atomic E-state index is 17.7. The minimum absolute atomic E-state index is 0.0272. The summed E-state index contributed by atoms with van der Waals surface area (Å²) in [5, 5.41) is 4.70. The van der Waals surface area contributed by atoms with E-state index in [9.17, 15) is 0 Å². The van der Waals surface area contributed by atoms with E-state index < -0.39 is 0 Å². The van der Waals surface area contributed by atoms with Crippen LogP contribution in [-0.4, -0.2) is 6.71 Å². The molecule has 0 aromatic heterocycles. The van der Waals surface area contributed by atoms with Crippen molar-refractivity contribution in [1.29, 1.82) is 0 Å². The standard InChI is InChI=1S/C63H43BFNO/c1-42-19-11-15-31-55(42)64(56-32-17-27-44-26-12-13-28-49(44)56)57-38-37-52-51-36-35-48(41-61(51)67-60-34-18-30-53(57)62(52)60)66(59-33-16-14-29-50(59)45-22-7-3-8-23-45)63-54(46-24-9-4-10-25-46)39-47(40-58(63)65)43-20-5-2-6-21-43/h2-41H,1H3. The van der Waals surface area contributed by atoms with Crippen LogP contribution in [0.5, 0.6) is 11.5 Å². The molecule has 67 heavy (non-hydrogen) atoms. The topological polar surface area (TPSA) is 12.5 Å². The molecular formula is C63H43BFNO. The number of rotatable bonds is 9. The molecule has 0 fully saturated rings. The smallest absolute Gasteiger partial charge is 0.243 e. The normalized spacial score (nSPS) is 11.6. The van der Waals surface area contributed by atoms with E-state index >= 15 is 4.39 Å². The van der Waals surface area contributed by atoms with Crippen LogP contribution in [0, 0.1) is 12.7 Å². The van der Waals surface area contributed by atoms with Crippen molar-refractivity contribution < 1.29 is 9.13 Å². The first-order valence-corrected chi connectivity index (χ1v) is 22.9. The van der Waals surface area contributed by atoms with E-state index in [1.165, 1.54) is 32.7 Å². The van der Waals surface area contributed by atoms with Gasteiger partial charge in [-0.05, 0) is 87.3 Å². The number of para-hydroxylation sites is 1. The van der Waals surface area contributed by atoms with Crippen molar-refractivity contribution in [2.75, 3.05) is 4.90 Å². The molecule has 1 aliphatic rings. The molecule has 0 aliphatic carbocycles. The molecule has 0 bridgehead atoms. The van der Waals surface area contributed by atoms with E-state index in [4.69, 9.17) is 4.74 Å². The predicted octanol–water partition coefficient (Wildman–Crippen LogP) is 15.2. The maximum Gasteiger partial charge on any atom is 0.243 e. The van der Waals surface area contributed by atoms with Crippen LogP contribution in [0.1, 0.15) is 5.56 Å². The molecule has 4 heteroatoms. The third-order valence-corrected chi connectivity index (χ3v) is 13.4. The third kappa shape index (κ3) is 7.06. The summed E-state index contributed by atoms with van der Waals surface area (Å²) in [6, 6.07) is 84.0. The Kier molecular flexibility index (Phi) is 10.1. The van der Waals surface area contributed by atoms with Crippen molar-refractivity contribution in [2.45, 2.75) is 6.92 Å². The van der Waals surface area contributed by atoms with Crippen molar-refractivity contribution in [3.05, 3.63) is 254 Å². The first-order valence-electron chi connectivity index (χ1n) is 22.9. The second-order valence-corrected chi connectivity index (χ2v) is 17.3. The van der Waals surface area contributed by atoms with Gasteiger partial charge in [-0.15, -0.1) is 0 Å². The van der Waals surface area contributed by atoms with Gasteiger partial charge in [0.15, 0.2) is 0 Å². The van der Waals surface area contributed by atoms with Gasteiger partial charge in [0.05, 0.1) is 17.1 Å². The van der Waals surface area contributed by atoms with Gasteiger partial charge < -0.3 is 9.64 Å². The number of hydrogen-bond acceptors (Lipinski definition) is 2. The zero-order chi connectivity index (χ0) is 44.8. The van der Waals surface area contributed by atoms with Gasteiger partial charge in [0.25, 0.3) is 0 Å². The van der Waals surface area contributed by atoms with Crippen molar-refractivity contribution in [3.63, 3.8) is 0 Å². The number of ether oxygens (including phenoxy) is 1. The highest BCUT2D eigenvalue weighted by Crippen LogP contribution is 2.51. The Morgan fingerprint density at radius 1 is 0.403 bits per heavy atom. The molecule has 1 heterocycles. The Bertz CT molecular complexity index is 3640. The zero-order valence-corrected chi connectivity index (χ0v) is 36.9. The number of nitrogens with zero attached hydrogens (tertiary/aromatic N) is 1. The lowest BCUT2D eigenvalue weighted by Gasteiger charge is -2.32. The van der Waals surface area contributed by atoms with E-state index in [0.29, 0.717) is 11.4 Å². The molecule has 0 spiro atoms. The molecule has 0 N–H and O–H groups in total. The first-order chi connectivity index (χ1) is 33.1. The van der Waals surface area contributed by atoms with Gasteiger partial charge in [-0.2, -0.15) is 0 Å². The number of anilines is 3. The van der Waals surface area contributed by atoms with Crippen LogP contribution in [0.3, 0.4) is 0 Å². The van der Waals surface area contributed by atoms with Crippen LogP contribution < -0.4 is 26.0 Å². The molecule has 316 valence electrons. The monoisotopic (exact) mass is 859 g/mol. The molecule has 12 rings (SSSR count). The SMILES string of the molecule is Cc1ccccc1B(c1cccc2ccccc12)c1ccc2c3c(cccc13)Oc1cc(N(c3ccccc3-c3ccccc3)c3c(F)cc(-c4ccccc4)cc3-c3ccccc3)ccc1-2. The Hall–Kier alpha value is -8.47. The van der Waals surface area contributed by atoms with Gasteiger partial charge in [0.1, 0.15) is 17.3 Å². The molecule has 2 nitrogen and oxygen atoms in total. The lowest BCUT2D eigenvalue weighted by Crippen LogP contribution is -2.53.